The van der Waals surface area contributed by atoms with Crippen LogP contribution in [0.4, 0.5) is 5.69 Å². The smallest absolute Gasteiger partial charge is 0.227 e. The Morgan fingerprint density at radius 2 is 2.04 bits per heavy atom. The number of hydrogen-bond donors (Lipinski definition) is 2. The van der Waals surface area contributed by atoms with E-state index >= 15 is 0 Å². The van der Waals surface area contributed by atoms with Crippen molar-refractivity contribution in [2.45, 2.75) is 32.7 Å². The molecule has 2 N–H and O–H groups in total. The lowest BCUT2D eigenvalue weighted by Gasteiger charge is -2.24. The van der Waals surface area contributed by atoms with Crippen LogP contribution in [0.3, 0.4) is 0 Å². The molecule has 1 aromatic carbocycles. The van der Waals surface area contributed by atoms with Gasteiger partial charge in [-0.05, 0) is 29.5 Å². The number of nitrogens with one attached hydrogen (secondary N) is 2. The third kappa shape index (κ3) is 5.65. The van der Waals surface area contributed by atoms with Crippen LogP contribution in [0.1, 0.15) is 26.2 Å². The molecule has 6 nitrogen and oxygen atoms in total. The van der Waals surface area contributed by atoms with Crippen molar-refractivity contribution < 1.29 is 9.32 Å². The van der Waals surface area contributed by atoms with E-state index in [9.17, 15) is 4.79 Å². The Bertz CT molecular complexity index is 831. The lowest BCUT2D eigenvalue weighted by Crippen LogP contribution is -2.39. The molecule has 3 aromatic rings. The summed E-state index contributed by atoms with van der Waals surface area (Å²) in [5, 5.41) is 14.4. The molecular weight excluding hydrogens is 360 g/mol. The van der Waals surface area contributed by atoms with Gasteiger partial charge in [-0.2, -0.15) is 16.3 Å². The number of carbonyl (C=O) groups excluding carboxylic acids is 1. The fourth-order valence-corrected chi connectivity index (χ4v) is 3.23. The van der Waals surface area contributed by atoms with Gasteiger partial charge < -0.3 is 15.2 Å². The zero-order valence-corrected chi connectivity index (χ0v) is 16.3. The van der Waals surface area contributed by atoms with Crippen LogP contribution in [0, 0.1) is 5.92 Å². The van der Waals surface area contributed by atoms with E-state index in [4.69, 9.17) is 4.52 Å². The first-order chi connectivity index (χ1) is 13.1. The van der Waals surface area contributed by atoms with E-state index in [1.807, 2.05) is 47.2 Å². The maximum Gasteiger partial charge on any atom is 0.227 e. The highest BCUT2D eigenvalue weighted by molar-refractivity contribution is 7.08. The molecular formula is C20H24N4O2S. The van der Waals surface area contributed by atoms with Gasteiger partial charge in [0.2, 0.25) is 17.6 Å². The van der Waals surface area contributed by atoms with Crippen LogP contribution in [0.25, 0.3) is 11.4 Å². The Morgan fingerprint density at radius 1 is 1.22 bits per heavy atom. The minimum Gasteiger partial charge on any atom is -0.380 e. The van der Waals surface area contributed by atoms with Crippen molar-refractivity contribution in [2.24, 2.45) is 5.92 Å². The predicted octanol–water partition coefficient (Wildman–Crippen LogP) is 3.98. The van der Waals surface area contributed by atoms with Crippen LogP contribution < -0.4 is 10.6 Å². The van der Waals surface area contributed by atoms with Crippen molar-refractivity contribution >= 4 is 22.9 Å². The number of aromatic nitrogens is 2. The van der Waals surface area contributed by atoms with Gasteiger partial charge in [-0.1, -0.05) is 37.2 Å². The Morgan fingerprint density at radius 3 is 2.74 bits per heavy atom. The van der Waals surface area contributed by atoms with Crippen molar-refractivity contribution in [3.8, 4) is 11.4 Å². The average molecular weight is 385 g/mol. The first kappa shape index (κ1) is 19.1. The van der Waals surface area contributed by atoms with Crippen LogP contribution in [0.2, 0.25) is 0 Å². The molecule has 27 heavy (non-hydrogen) atoms. The molecule has 0 saturated heterocycles. The maximum absolute atomic E-state index is 12.2. The number of thiophene rings is 1. The summed E-state index contributed by atoms with van der Waals surface area (Å²) in [6.45, 7) is 4.84. The van der Waals surface area contributed by atoms with Crippen molar-refractivity contribution in [3.63, 3.8) is 0 Å². The van der Waals surface area contributed by atoms with Gasteiger partial charge in [-0.15, -0.1) is 0 Å². The highest BCUT2D eigenvalue weighted by atomic mass is 32.1. The summed E-state index contributed by atoms with van der Waals surface area (Å²) in [4.78, 5) is 16.5. The molecule has 2 aromatic heterocycles. The predicted molar refractivity (Wildman–Crippen MR) is 108 cm³/mol. The van der Waals surface area contributed by atoms with E-state index in [-0.39, 0.29) is 11.9 Å². The molecule has 0 saturated carbocycles. The van der Waals surface area contributed by atoms with Crippen molar-refractivity contribution in [1.82, 2.24) is 15.5 Å². The molecule has 3 rings (SSSR count). The standard InChI is InChI=1S/C20H24N4O2S/c1-14(2)17(22-16-6-4-3-5-7-16)12-21-18(25)8-9-19-23-20(24-26-19)15-10-11-27-13-15/h3-7,10-11,13-14,17,22H,8-9,12H2,1-2H3,(H,21,25). The van der Waals surface area contributed by atoms with Crippen LogP contribution in [0.5, 0.6) is 0 Å². The van der Waals surface area contributed by atoms with E-state index < -0.39 is 0 Å². The molecule has 1 atom stereocenters. The number of benzene rings is 1. The molecule has 0 aliphatic heterocycles. The lowest BCUT2D eigenvalue weighted by molar-refractivity contribution is -0.121. The van der Waals surface area contributed by atoms with Gasteiger partial charge in [0.25, 0.3) is 0 Å². The number of aryl methyl sites for hydroxylation is 1. The molecule has 142 valence electrons. The van der Waals surface area contributed by atoms with Gasteiger partial charge in [0, 0.05) is 42.1 Å². The first-order valence-corrected chi connectivity index (χ1v) is 9.99. The van der Waals surface area contributed by atoms with Crippen LogP contribution in [0.15, 0.2) is 51.7 Å². The van der Waals surface area contributed by atoms with E-state index in [2.05, 4.69) is 34.6 Å². The number of anilines is 1. The molecule has 0 bridgehead atoms. The fourth-order valence-electron chi connectivity index (χ4n) is 2.60. The van der Waals surface area contributed by atoms with Crippen LogP contribution in [-0.4, -0.2) is 28.6 Å². The summed E-state index contributed by atoms with van der Waals surface area (Å²) in [6, 6.07) is 12.1. The Balaban J connectivity index is 1.45. The SMILES string of the molecule is CC(C)C(CNC(=O)CCc1nc(-c2ccsc2)no1)Nc1ccccc1. The van der Waals surface area contributed by atoms with Gasteiger partial charge in [-0.25, -0.2) is 0 Å². The summed E-state index contributed by atoms with van der Waals surface area (Å²) in [5.41, 5.74) is 1.99. The second kappa shape index (κ2) is 9.32. The Kier molecular flexibility index (Phi) is 6.59. The molecule has 0 spiro atoms. The maximum atomic E-state index is 12.2. The monoisotopic (exact) mass is 384 g/mol. The molecule has 1 unspecified atom stereocenters. The summed E-state index contributed by atoms with van der Waals surface area (Å²) in [6.07, 6.45) is 0.753. The second-order valence-corrected chi connectivity index (χ2v) is 7.47. The topological polar surface area (TPSA) is 80.1 Å². The van der Waals surface area contributed by atoms with Gasteiger partial charge >= 0.3 is 0 Å². The molecule has 7 heteroatoms. The number of para-hydroxylation sites is 1. The number of nitrogens with zero attached hydrogens (tertiary/aromatic N) is 2. The molecule has 0 aliphatic rings. The zero-order valence-electron chi connectivity index (χ0n) is 15.5. The van der Waals surface area contributed by atoms with E-state index in [1.54, 1.807) is 11.3 Å². The minimum atomic E-state index is -0.0224. The second-order valence-electron chi connectivity index (χ2n) is 6.69. The van der Waals surface area contributed by atoms with Crippen LogP contribution >= 0.6 is 11.3 Å². The number of hydrogen-bond acceptors (Lipinski definition) is 6. The van der Waals surface area contributed by atoms with Gasteiger partial charge in [-0.3, -0.25) is 4.79 Å². The zero-order chi connectivity index (χ0) is 19.1. The van der Waals surface area contributed by atoms with Crippen LogP contribution in [-0.2, 0) is 11.2 Å². The number of amides is 1. The van der Waals surface area contributed by atoms with Crippen molar-refractivity contribution in [3.05, 3.63) is 53.0 Å². The summed E-state index contributed by atoms with van der Waals surface area (Å²) >= 11 is 1.58. The number of carbonyl (C=O) groups is 1. The minimum absolute atomic E-state index is 0.0224. The molecule has 0 fully saturated rings. The third-order valence-electron chi connectivity index (χ3n) is 4.26. The first-order valence-electron chi connectivity index (χ1n) is 9.05. The highest BCUT2D eigenvalue weighted by Crippen LogP contribution is 2.19. The Labute approximate surface area is 163 Å². The van der Waals surface area contributed by atoms with E-state index in [1.165, 1.54) is 0 Å². The highest BCUT2D eigenvalue weighted by Gasteiger charge is 2.15. The molecule has 1 amide bonds. The summed E-state index contributed by atoms with van der Waals surface area (Å²) < 4.78 is 5.23. The van der Waals surface area contributed by atoms with Gasteiger partial charge in [0.1, 0.15) is 0 Å². The van der Waals surface area contributed by atoms with Gasteiger partial charge in [0.15, 0.2) is 0 Å². The largest absolute Gasteiger partial charge is 0.380 e. The fraction of sp³-hybridized carbons (Fsp3) is 0.350. The van der Waals surface area contributed by atoms with E-state index in [0.717, 1.165) is 11.3 Å². The normalized spacial score (nSPS) is 12.1. The molecule has 0 radical (unpaired) electrons. The van der Waals surface area contributed by atoms with Crippen molar-refractivity contribution in [1.29, 1.82) is 0 Å². The lowest BCUT2D eigenvalue weighted by atomic mass is 10.0. The number of rotatable bonds is 9. The summed E-state index contributed by atoms with van der Waals surface area (Å²) in [7, 11) is 0. The van der Waals surface area contributed by atoms with Crippen molar-refractivity contribution in [2.75, 3.05) is 11.9 Å². The van der Waals surface area contributed by atoms with E-state index in [0.29, 0.717) is 37.0 Å². The van der Waals surface area contributed by atoms with Gasteiger partial charge in [0.05, 0.1) is 0 Å². The molecule has 0 aliphatic carbocycles. The average Bonchev–Trinajstić information content (AvgIpc) is 3.35. The quantitative estimate of drug-likeness (QED) is 0.583. The Hall–Kier alpha value is -2.67. The third-order valence-corrected chi connectivity index (χ3v) is 4.95. The summed E-state index contributed by atoms with van der Waals surface area (Å²) in [5.74, 6) is 1.41. The molecule has 2 heterocycles.